The van der Waals surface area contributed by atoms with Crippen molar-refractivity contribution in [2.45, 2.75) is 64.0 Å². The van der Waals surface area contributed by atoms with Crippen LogP contribution in [0.2, 0.25) is 0 Å². The summed E-state index contributed by atoms with van der Waals surface area (Å²) in [7, 11) is 0. The maximum atomic E-state index is 13.1. The van der Waals surface area contributed by atoms with E-state index in [1.807, 2.05) is 6.92 Å². The molecule has 0 spiro atoms. The van der Waals surface area contributed by atoms with Gasteiger partial charge in [-0.15, -0.1) is 0 Å². The lowest BCUT2D eigenvalue weighted by Gasteiger charge is -2.27. The fourth-order valence-electron chi connectivity index (χ4n) is 4.20. The molecule has 1 fully saturated rings. The summed E-state index contributed by atoms with van der Waals surface area (Å²) in [6.45, 7) is 2.63. The Kier molecular flexibility index (Phi) is 6.80. The van der Waals surface area contributed by atoms with Crippen LogP contribution in [-0.2, 0) is 19.3 Å². The van der Waals surface area contributed by atoms with Crippen molar-refractivity contribution in [3.63, 3.8) is 0 Å². The molecular weight excluding hydrogens is 449 g/mol. The summed E-state index contributed by atoms with van der Waals surface area (Å²) >= 11 is 0. The third kappa shape index (κ3) is 5.02. The maximum absolute atomic E-state index is 13.1. The highest BCUT2D eigenvalue weighted by atomic mass is 19.4. The SMILES string of the molecule is CCn1ncc2c(NC3CCC(N=O)CC3)c(C(=O)NCc3ccc(C(F)(F)F)cc3)cnc21. The standard InChI is InChI=1S/C23H25F3N6O2/c1-2-32-21-18(13-29-32)20(30-16-7-9-17(31-34)10-8-16)19(12-27-21)22(33)28-11-14-3-5-15(6-4-14)23(24,25)26/h3-6,12-13,16-17H,2,7-11H2,1H3,(H,27,30)(H,28,33). The number of carbonyl (C=O) groups excluding carboxylic acids is 1. The van der Waals surface area contributed by atoms with E-state index in [2.05, 4.69) is 25.9 Å². The Labute approximate surface area is 193 Å². The molecule has 0 bridgehead atoms. The number of pyridine rings is 1. The number of aryl methyl sites for hydroxylation is 1. The van der Waals surface area contributed by atoms with Gasteiger partial charge in [0.2, 0.25) is 0 Å². The Balaban J connectivity index is 1.55. The van der Waals surface area contributed by atoms with Crippen LogP contribution in [0.25, 0.3) is 11.0 Å². The predicted octanol–water partition coefficient (Wildman–Crippen LogP) is 4.89. The minimum atomic E-state index is -4.41. The average Bonchev–Trinajstić information content (AvgIpc) is 3.26. The highest BCUT2D eigenvalue weighted by Crippen LogP contribution is 2.31. The molecule has 0 atom stereocenters. The zero-order valence-corrected chi connectivity index (χ0v) is 18.6. The molecule has 1 saturated carbocycles. The third-order valence-corrected chi connectivity index (χ3v) is 6.14. The van der Waals surface area contributed by atoms with E-state index in [9.17, 15) is 22.9 Å². The molecule has 0 saturated heterocycles. The number of benzene rings is 1. The van der Waals surface area contributed by atoms with Crippen LogP contribution >= 0.6 is 0 Å². The smallest absolute Gasteiger partial charge is 0.381 e. The molecule has 11 heteroatoms. The molecule has 4 rings (SSSR count). The molecule has 1 aliphatic carbocycles. The fourth-order valence-corrected chi connectivity index (χ4v) is 4.20. The first kappa shape index (κ1) is 23.7. The van der Waals surface area contributed by atoms with Gasteiger partial charge in [0.15, 0.2) is 5.65 Å². The van der Waals surface area contributed by atoms with Crippen LogP contribution in [0.3, 0.4) is 0 Å². The van der Waals surface area contributed by atoms with Gasteiger partial charge in [-0.3, -0.25) is 4.79 Å². The highest BCUT2D eigenvalue weighted by Gasteiger charge is 2.30. The number of hydrogen-bond acceptors (Lipinski definition) is 6. The van der Waals surface area contributed by atoms with Gasteiger partial charge < -0.3 is 10.6 Å². The molecule has 2 aromatic heterocycles. The van der Waals surface area contributed by atoms with Gasteiger partial charge in [-0.05, 0) is 50.3 Å². The Morgan fingerprint density at radius 3 is 2.47 bits per heavy atom. The number of nitrogens with one attached hydrogen (secondary N) is 2. The second kappa shape index (κ2) is 9.78. The zero-order chi connectivity index (χ0) is 24.3. The molecule has 2 heterocycles. The van der Waals surface area contributed by atoms with Crippen molar-refractivity contribution in [2.75, 3.05) is 5.32 Å². The third-order valence-electron chi connectivity index (χ3n) is 6.14. The van der Waals surface area contributed by atoms with E-state index in [4.69, 9.17) is 0 Å². The molecule has 3 aromatic rings. The summed E-state index contributed by atoms with van der Waals surface area (Å²) in [4.78, 5) is 28.3. The molecule has 0 aliphatic heterocycles. The van der Waals surface area contributed by atoms with E-state index in [-0.39, 0.29) is 18.6 Å². The number of nitrogens with zero attached hydrogens (tertiary/aromatic N) is 4. The van der Waals surface area contributed by atoms with Gasteiger partial charge in [-0.1, -0.05) is 17.3 Å². The summed E-state index contributed by atoms with van der Waals surface area (Å²) in [6.07, 6.45) is 1.59. The van der Waals surface area contributed by atoms with Crippen LogP contribution in [0.4, 0.5) is 18.9 Å². The fraction of sp³-hybridized carbons (Fsp3) is 0.435. The van der Waals surface area contributed by atoms with E-state index < -0.39 is 17.6 Å². The quantitative estimate of drug-likeness (QED) is 0.475. The minimum Gasteiger partial charge on any atom is -0.381 e. The molecule has 34 heavy (non-hydrogen) atoms. The van der Waals surface area contributed by atoms with Gasteiger partial charge in [-0.2, -0.15) is 23.2 Å². The number of halogens is 3. The number of anilines is 1. The molecule has 0 radical (unpaired) electrons. The van der Waals surface area contributed by atoms with Crippen LogP contribution in [0.5, 0.6) is 0 Å². The average molecular weight is 474 g/mol. The Bertz CT molecular complexity index is 1170. The van der Waals surface area contributed by atoms with Crippen molar-refractivity contribution in [1.82, 2.24) is 20.1 Å². The first-order chi connectivity index (χ1) is 16.3. The summed E-state index contributed by atoms with van der Waals surface area (Å²) < 4.78 is 40.1. The van der Waals surface area contributed by atoms with Crippen molar-refractivity contribution in [2.24, 2.45) is 5.18 Å². The first-order valence-corrected chi connectivity index (χ1v) is 11.2. The number of nitroso groups, excluding NO2 is 1. The van der Waals surface area contributed by atoms with E-state index in [0.717, 1.165) is 25.0 Å². The second-order valence-corrected chi connectivity index (χ2v) is 8.38. The van der Waals surface area contributed by atoms with Crippen molar-refractivity contribution in [3.8, 4) is 0 Å². The van der Waals surface area contributed by atoms with Crippen LogP contribution in [0.1, 0.15) is 54.1 Å². The molecule has 2 N–H and O–H groups in total. The number of amides is 1. The molecular formula is C23H25F3N6O2. The lowest BCUT2D eigenvalue weighted by molar-refractivity contribution is -0.137. The Morgan fingerprint density at radius 2 is 1.85 bits per heavy atom. The topological polar surface area (TPSA) is 101 Å². The van der Waals surface area contributed by atoms with Crippen molar-refractivity contribution in [1.29, 1.82) is 0 Å². The van der Waals surface area contributed by atoms with Crippen LogP contribution < -0.4 is 10.6 Å². The zero-order valence-electron chi connectivity index (χ0n) is 18.6. The van der Waals surface area contributed by atoms with Crippen molar-refractivity contribution >= 4 is 22.6 Å². The minimum absolute atomic E-state index is 0.0649. The Hall–Kier alpha value is -3.50. The number of hydrogen-bond donors (Lipinski definition) is 2. The lowest BCUT2D eigenvalue weighted by Crippen LogP contribution is -2.30. The first-order valence-electron chi connectivity index (χ1n) is 11.2. The normalized spacial score (nSPS) is 18.6. The number of alkyl halides is 3. The van der Waals surface area contributed by atoms with Crippen LogP contribution in [0, 0.1) is 4.91 Å². The maximum Gasteiger partial charge on any atom is 0.416 e. The van der Waals surface area contributed by atoms with E-state index in [1.54, 1.807) is 10.9 Å². The summed E-state index contributed by atoms with van der Waals surface area (Å²) in [5.74, 6) is -0.399. The number of carbonyl (C=O) groups is 1. The summed E-state index contributed by atoms with van der Waals surface area (Å²) in [6, 6.07) is 4.56. The Morgan fingerprint density at radius 1 is 1.15 bits per heavy atom. The van der Waals surface area contributed by atoms with Crippen molar-refractivity contribution in [3.05, 3.63) is 58.3 Å². The van der Waals surface area contributed by atoms with Crippen molar-refractivity contribution < 1.29 is 18.0 Å². The number of fused-ring (bicyclic) bond motifs is 1. The summed E-state index contributed by atoms with van der Waals surface area (Å²) in [5, 5.41) is 14.4. The van der Waals surface area contributed by atoms with Gasteiger partial charge in [0.05, 0.1) is 34.4 Å². The monoisotopic (exact) mass is 474 g/mol. The number of aromatic nitrogens is 3. The number of rotatable bonds is 7. The molecule has 1 aliphatic rings. The van der Waals surface area contributed by atoms with Gasteiger partial charge >= 0.3 is 6.18 Å². The van der Waals surface area contributed by atoms with E-state index in [0.29, 0.717) is 47.2 Å². The van der Waals surface area contributed by atoms with Crippen LogP contribution in [-0.4, -0.2) is 32.8 Å². The van der Waals surface area contributed by atoms with Gasteiger partial charge in [0.1, 0.15) is 0 Å². The molecule has 0 unspecified atom stereocenters. The van der Waals surface area contributed by atoms with Gasteiger partial charge in [0.25, 0.3) is 5.91 Å². The molecule has 180 valence electrons. The van der Waals surface area contributed by atoms with E-state index >= 15 is 0 Å². The van der Waals surface area contributed by atoms with E-state index in [1.165, 1.54) is 18.3 Å². The summed E-state index contributed by atoms with van der Waals surface area (Å²) in [5.41, 5.74) is 1.38. The molecule has 8 nitrogen and oxygen atoms in total. The van der Waals surface area contributed by atoms with Gasteiger partial charge in [0, 0.05) is 25.3 Å². The second-order valence-electron chi connectivity index (χ2n) is 8.38. The predicted molar refractivity (Wildman–Crippen MR) is 121 cm³/mol. The lowest BCUT2D eigenvalue weighted by atomic mass is 9.91. The molecule has 1 aromatic carbocycles. The highest BCUT2D eigenvalue weighted by molar-refractivity contribution is 6.06. The van der Waals surface area contributed by atoms with Gasteiger partial charge in [-0.25, -0.2) is 9.67 Å². The van der Waals surface area contributed by atoms with Crippen LogP contribution in [0.15, 0.2) is 41.8 Å². The largest absolute Gasteiger partial charge is 0.416 e. The molecule has 1 amide bonds.